The van der Waals surface area contributed by atoms with Crippen molar-refractivity contribution in [1.29, 1.82) is 0 Å². The number of rotatable bonds is 4. The number of nitro benzene ring substituents is 1. The number of anilines is 1. The minimum atomic E-state index is -1.10. The number of morpholine rings is 1. The lowest BCUT2D eigenvalue weighted by Crippen LogP contribution is -2.49. The third kappa shape index (κ3) is 3.13. The number of hydrogen-bond acceptors (Lipinski definition) is 5. The SMILES string of the molecule is CCC1COC(C)CN1c1cc(C(=O)O)ccc1[N+](=O)[O-]. The minimum Gasteiger partial charge on any atom is -0.478 e. The number of carbonyl (C=O) groups is 1. The van der Waals surface area contributed by atoms with Gasteiger partial charge in [0, 0.05) is 12.6 Å². The van der Waals surface area contributed by atoms with Crippen molar-refractivity contribution in [3.05, 3.63) is 33.9 Å². The Morgan fingerprint density at radius 2 is 2.29 bits per heavy atom. The summed E-state index contributed by atoms with van der Waals surface area (Å²) in [5.41, 5.74) is 0.319. The van der Waals surface area contributed by atoms with Gasteiger partial charge in [0.25, 0.3) is 5.69 Å². The zero-order valence-corrected chi connectivity index (χ0v) is 12.0. The van der Waals surface area contributed by atoms with Crippen LogP contribution in [0.5, 0.6) is 0 Å². The molecule has 0 aromatic heterocycles. The van der Waals surface area contributed by atoms with Crippen molar-refractivity contribution in [3.8, 4) is 0 Å². The highest BCUT2D eigenvalue weighted by molar-refractivity contribution is 5.90. The average Bonchev–Trinajstić information content (AvgIpc) is 2.46. The number of benzene rings is 1. The van der Waals surface area contributed by atoms with Crippen LogP contribution in [0.25, 0.3) is 0 Å². The van der Waals surface area contributed by atoms with E-state index in [9.17, 15) is 14.9 Å². The molecule has 1 saturated heterocycles. The van der Waals surface area contributed by atoms with Crippen LogP contribution in [0.1, 0.15) is 30.6 Å². The molecule has 0 saturated carbocycles. The summed E-state index contributed by atoms with van der Waals surface area (Å²) >= 11 is 0. The Morgan fingerprint density at radius 1 is 1.57 bits per heavy atom. The molecular weight excluding hydrogens is 276 g/mol. The molecule has 2 atom stereocenters. The number of aromatic carboxylic acids is 1. The molecule has 0 aliphatic carbocycles. The van der Waals surface area contributed by atoms with Crippen LogP contribution in [-0.4, -0.2) is 41.3 Å². The number of carboxylic acids is 1. The van der Waals surface area contributed by atoms with Gasteiger partial charge >= 0.3 is 5.97 Å². The highest BCUT2D eigenvalue weighted by atomic mass is 16.6. The van der Waals surface area contributed by atoms with Gasteiger partial charge < -0.3 is 14.7 Å². The van der Waals surface area contributed by atoms with Gasteiger partial charge in [-0.1, -0.05) is 6.92 Å². The molecule has 0 spiro atoms. The van der Waals surface area contributed by atoms with Crippen LogP contribution in [-0.2, 0) is 4.74 Å². The summed E-state index contributed by atoms with van der Waals surface area (Å²) in [7, 11) is 0. The third-order valence-corrected chi connectivity index (χ3v) is 3.67. The number of carboxylic acid groups (broad SMARTS) is 1. The van der Waals surface area contributed by atoms with E-state index in [4.69, 9.17) is 9.84 Å². The Balaban J connectivity index is 2.49. The van der Waals surface area contributed by atoms with Crippen molar-refractivity contribution in [3.63, 3.8) is 0 Å². The smallest absolute Gasteiger partial charge is 0.335 e. The van der Waals surface area contributed by atoms with Gasteiger partial charge in [-0.25, -0.2) is 4.79 Å². The molecule has 0 amide bonds. The fourth-order valence-electron chi connectivity index (χ4n) is 2.52. The standard InChI is InChI=1S/C14H18N2O5/c1-3-11-8-21-9(2)7-15(11)13-6-10(14(17)18)4-5-12(13)16(19)20/h4-6,9,11H,3,7-8H2,1-2H3,(H,17,18). The van der Waals surface area contributed by atoms with Crippen molar-refractivity contribution in [2.75, 3.05) is 18.1 Å². The van der Waals surface area contributed by atoms with Crippen LogP contribution in [0.4, 0.5) is 11.4 Å². The van der Waals surface area contributed by atoms with Gasteiger partial charge in [-0.2, -0.15) is 0 Å². The quantitative estimate of drug-likeness (QED) is 0.676. The predicted molar refractivity (Wildman–Crippen MR) is 76.9 cm³/mol. The van der Waals surface area contributed by atoms with E-state index in [1.165, 1.54) is 18.2 Å². The largest absolute Gasteiger partial charge is 0.478 e. The van der Waals surface area contributed by atoms with Crippen molar-refractivity contribution in [2.45, 2.75) is 32.4 Å². The maximum atomic E-state index is 11.2. The first-order valence-electron chi connectivity index (χ1n) is 6.84. The van der Waals surface area contributed by atoms with Gasteiger partial charge in [0.2, 0.25) is 0 Å². The van der Waals surface area contributed by atoms with E-state index in [-0.39, 0.29) is 23.4 Å². The molecule has 1 fully saturated rings. The normalized spacial score (nSPS) is 22.1. The van der Waals surface area contributed by atoms with E-state index in [2.05, 4.69) is 0 Å². The van der Waals surface area contributed by atoms with E-state index in [1.807, 2.05) is 18.7 Å². The molecule has 1 aromatic carbocycles. The zero-order chi connectivity index (χ0) is 15.6. The molecule has 21 heavy (non-hydrogen) atoms. The number of nitro groups is 1. The lowest BCUT2D eigenvalue weighted by Gasteiger charge is -2.39. The highest BCUT2D eigenvalue weighted by Crippen LogP contribution is 2.33. The molecule has 114 valence electrons. The fourth-order valence-corrected chi connectivity index (χ4v) is 2.52. The van der Waals surface area contributed by atoms with Crippen LogP contribution in [0, 0.1) is 10.1 Å². The molecule has 2 unspecified atom stereocenters. The topological polar surface area (TPSA) is 92.9 Å². The van der Waals surface area contributed by atoms with Crippen LogP contribution in [0.15, 0.2) is 18.2 Å². The van der Waals surface area contributed by atoms with Crippen LogP contribution in [0.3, 0.4) is 0 Å². The van der Waals surface area contributed by atoms with Crippen molar-refractivity contribution in [2.24, 2.45) is 0 Å². The van der Waals surface area contributed by atoms with Crippen molar-refractivity contribution < 1.29 is 19.6 Å². The molecule has 1 N–H and O–H groups in total. The maximum Gasteiger partial charge on any atom is 0.335 e. The first-order chi connectivity index (χ1) is 9.93. The second kappa shape index (κ2) is 6.09. The van der Waals surface area contributed by atoms with E-state index < -0.39 is 10.9 Å². The first-order valence-corrected chi connectivity index (χ1v) is 6.84. The molecule has 2 rings (SSSR count). The Hall–Kier alpha value is -2.15. The molecular formula is C14H18N2O5. The monoisotopic (exact) mass is 294 g/mol. The number of ether oxygens (including phenoxy) is 1. The molecule has 1 aliphatic rings. The van der Waals surface area contributed by atoms with E-state index >= 15 is 0 Å². The van der Waals surface area contributed by atoms with Gasteiger partial charge in [-0.15, -0.1) is 0 Å². The van der Waals surface area contributed by atoms with Gasteiger partial charge in [-0.05, 0) is 25.5 Å². The minimum absolute atomic E-state index is 0.00365. The molecule has 7 nitrogen and oxygen atoms in total. The Morgan fingerprint density at radius 3 is 2.86 bits per heavy atom. The highest BCUT2D eigenvalue weighted by Gasteiger charge is 2.31. The summed E-state index contributed by atoms with van der Waals surface area (Å²) in [6.45, 7) is 4.85. The first kappa shape index (κ1) is 15.2. The molecule has 1 heterocycles. The summed E-state index contributed by atoms with van der Waals surface area (Å²) in [5.74, 6) is -1.10. The summed E-state index contributed by atoms with van der Waals surface area (Å²) in [4.78, 5) is 23.8. The summed E-state index contributed by atoms with van der Waals surface area (Å²) in [6.07, 6.45) is 0.710. The van der Waals surface area contributed by atoms with Crippen LogP contribution < -0.4 is 4.90 Å². The lowest BCUT2D eigenvalue weighted by molar-refractivity contribution is -0.384. The van der Waals surface area contributed by atoms with E-state index in [0.717, 1.165) is 6.42 Å². The van der Waals surface area contributed by atoms with Gasteiger partial charge in [0.05, 0.1) is 29.2 Å². The van der Waals surface area contributed by atoms with Crippen LogP contribution in [0.2, 0.25) is 0 Å². The van der Waals surface area contributed by atoms with Crippen molar-refractivity contribution >= 4 is 17.3 Å². The van der Waals surface area contributed by atoms with Crippen LogP contribution >= 0.6 is 0 Å². The molecule has 0 bridgehead atoms. The fraction of sp³-hybridized carbons (Fsp3) is 0.500. The van der Waals surface area contributed by atoms with E-state index in [1.54, 1.807) is 0 Å². The number of hydrogen-bond donors (Lipinski definition) is 1. The van der Waals surface area contributed by atoms with Gasteiger partial charge in [-0.3, -0.25) is 10.1 Å². The third-order valence-electron chi connectivity index (χ3n) is 3.67. The second-order valence-electron chi connectivity index (χ2n) is 5.12. The van der Waals surface area contributed by atoms with Crippen molar-refractivity contribution in [1.82, 2.24) is 0 Å². The van der Waals surface area contributed by atoms with Gasteiger partial charge in [0.1, 0.15) is 5.69 Å². The summed E-state index contributed by atoms with van der Waals surface area (Å²) in [6, 6.07) is 3.89. The van der Waals surface area contributed by atoms with Gasteiger partial charge in [0.15, 0.2) is 0 Å². The zero-order valence-electron chi connectivity index (χ0n) is 12.0. The Labute approximate surface area is 122 Å². The molecule has 7 heteroatoms. The lowest BCUT2D eigenvalue weighted by atomic mass is 10.1. The second-order valence-corrected chi connectivity index (χ2v) is 5.12. The Kier molecular flexibility index (Phi) is 4.42. The average molecular weight is 294 g/mol. The molecule has 1 aromatic rings. The summed E-state index contributed by atoms with van der Waals surface area (Å²) < 4.78 is 5.58. The maximum absolute atomic E-state index is 11.2. The molecule has 0 radical (unpaired) electrons. The predicted octanol–water partition coefficient (Wildman–Crippen LogP) is 2.30. The Bertz CT molecular complexity index is 560. The molecule has 1 aliphatic heterocycles. The summed E-state index contributed by atoms with van der Waals surface area (Å²) in [5, 5.41) is 20.3. The van der Waals surface area contributed by atoms with E-state index in [0.29, 0.717) is 18.8 Å². The number of nitrogens with zero attached hydrogens (tertiary/aromatic N) is 2.